The molecule has 0 aliphatic carbocycles. The highest BCUT2D eigenvalue weighted by Crippen LogP contribution is 2.16. The van der Waals surface area contributed by atoms with E-state index in [-0.39, 0.29) is 37.3 Å². The minimum atomic E-state index is -0.408. The van der Waals surface area contributed by atoms with Gasteiger partial charge in [-0.2, -0.15) is 0 Å². The van der Waals surface area contributed by atoms with Gasteiger partial charge in [0.15, 0.2) is 0 Å². The van der Waals surface area contributed by atoms with Gasteiger partial charge in [-0.15, -0.1) is 23.7 Å². The molecule has 0 bridgehead atoms. The zero-order valence-corrected chi connectivity index (χ0v) is 15.4. The quantitative estimate of drug-likeness (QED) is 0.638. The Morgan fingerprint density at radius 2 is 2.19 bits per heavy atom. The summed E-state index contributed by atoms with van der Waals surface area (Å²) >= 11 is 1.40. The van der Waals surface area contributed by atoms with Crippen LogP contribution in [-0.4, -0.2) is 40.8 Å². The molecule has 8 nitrogen and oxygen atoms in total. The molecule has 2 aromatic rings. The van der Waals surface area contributed by atoms with E-state index in [4.69, 9.17) is 5.73 Å². The van der Waals surface area contributed by atoms with Gasteiger partial charge in [0.2, 0.25) is 5.91 Å². The van der Waals surface area contributed by atoms with Crippen molar-refractivity contribution >= 4 is 47.3 Å². The predicted octanol–water partition coefficient (Wildman–Crippen LogP) is 1.37. The van der Waals surface area contributed by atoms with Crippen LogP contribution in [0.2, 0.25) is 0 Å². The average molecular weight is 396 g/mol. The third kappa shape index (κ3) is 4.57. The Labute approximate surface area is 160 Å². The molecule has 3 rings (SSSR count). The Kier molecular flexibility index (Phi) is 6.67. The predicted molar refractivity (Wildman–Crippen MR) is 100 cm³/mol. The molecule has 1 aromatic heterocycles. The van der Waals surface area contributed by atoms with Gasteiger partial charge < -0.3 is 16.4 Å². The number of urea groups is 1. The van der Waals surface area contributed by atoms with Crippen molar-refractivity contribution in [3.8, 4) is 0 Å². The molecule has 0 saturated carbocycles. The van der Waals surface area contributed by atoms with Crippen molar-refractivity contribution in [1.29, 1.82) is 0 Å². The Bertz CT molecular complexity index is 810. The third-order valence-corrected chi connectivity index (χ3v) is 4.51. The number of imide groups is 1. The number of aromatic nitrogens is 1. The molecule has 138 valence electrons. The zero-order chi connectivity index (χ0) is 17.8. The number of halogens is 1. The van der Waals surface area contributed by atoms with E-state index in [9.17, 15) is 14.4 Å². The molecule has 4 amide bonds. The zero-order valence-electron chi connectivity index (χ0n) is 13.7. The molecule has 1 aliphatic rings. The van der Waals surface area contributed by atoms with Gasteiger partial charge in [0.05, 0.1) is 18.1 Å². The lowest BCUT2D eigenvalue weighted by Crippen LogP contribution is -2.30. The third-order valence-electron chi connectivity index (χ3n) is 3.61. The van der Waals surface area contributed by atoms with Crippen LogP contribution in [0.5, 0.6) is 0 Å². The number of rotatable bonds is 6. The van der Waals surface area contributed by atoms with Crippen LogP contribution in [0.25, 0.3) is 0 Å². The fourth-order valence-electron chi connectivity index (χ4n) is 2.39. The van der Waals surface area contributed by atoms with Gasteiger partial charge in [-0.1, -0.05) is 12.1 Å². The second-order valence-electron chi connectivity index (χ2n) is 5.46. The minimum Gasteiger partial charge on any atom is -0.330 e. The van der Waals surface area contributed by atoms with E-state index in [1.807, 2.05) is 0 Å². The maximum absolute atomic E-state index is 12.3. The number of anilines is 1. The van der Waals surface area contributed by atoms with Crippen LogP contribution in [0.3, 0.4) is 0 Å². The first-order chi connectivity index (χ1) is 12.1. The lowest BCUT2D eigenvalue weighted by atomic mass is 10.2. The number of carbonyl (C=O) groups is 3. The molecule has 0 radical (unpaired) electrons. The first kappa shape index (κ1) is 19.8. The fourth-order valence-corrected chi connectivity index (χ4v) is 3.19. The second-order valence-corrected chi connectivity index (χ2v) is 6.40. The molecule has 0 spiro atoms. The van der Waals surface area contributed by atoms with Crippen LogP contribution in [0, 0.1) is 0 Å². The number of hydrogen-bond donors (Lipinski definition) is 3. The van der Waals surface area contributed by atoms with Crippen LogP contribution in [0.1, 0.15) is 21.1 Å². The van der Waals surface area contributed by atoms with Crippen LogP contribution in [0.15, 0.2) is 29.6 Å². The average Bonchev–Trinajstić information content (AvgIpc) is 3.18. The number of nitrogens with one attached hydrogen (secondary N) is 2. The highest BCUT2D eigenvalue weighted by molar-refractivity contribution is 7.09. The first-order valence-electron chi connectivity index (χ1n) is 7.70. The summed E-state index contributed by atoms with van der Waals surface area (Å²) in [6, 6.07) is 6.60. The number of benzene rings is 1. The van der Waals surface area contributed by atoms with Gasteiger partial charge in [0, 0.05) is 17.5 Å². The van der Waals surface area contributed by atoms with E-state index in [0.717, 1.165) is 15.5 Å². The van der Waals surface area contributed by atoms with E-state index < -0.39 is 6.03 Å². The fraction of sp³-hybridized carbons (Fsp3) is 0.250. The Morgan fingerprint density at radius 1 is 1.38 bits per heavy atom. The Balaban J connectivity index is 0.00000243. The van der Waals surface area contributed by atoms with Gasteiger partial charge in [-0.25, -0.2) is 9.78 Å². The van der Waals surface area contributed by atoms with Crippen molar-refractivity contribution in [2.75, 3.05) is 18.4 Å². The standard InChI is InChI=1S/C16H17N5O3S.ClH/c17-5-4-13-20-12(9-25-13)15(23)19-11-3-1-2-10(6-11)8-21-14(22)7-18-16(21)24;/h1-3,6,9H,4-5,7-8,17H2,(H,18,24)(H,19,23);1H. The van der Waals surface area contributed by atoms with Gasteiger partial charge in [-0.3, -0.25) is 14.5 Å². The number of thiazole rings is 1. The van der Waals surface area contributed by atoms with Crippen molar-refractivity contribution in [2.24, 2.45) is 5.73 Å². The topological polar surface area (TPSA) is 117 Å². The monoisotopic (exact) mass is 395 g/mol. The molecule has 1 fully saturated rings. The molecule has 10 heteroatoms. The van der Waals surface area contributed by atoms with Crippen molar-refractivity contribution in [2.45, 2.75) is 13.0 Å². The van der Waals surface area contributed by atoms with Crippen molar-refractivity contribution in [3.63, 3.8) is 0 Å². The number of nitrogens with two attached hydrogens (primary N) is 1. The van der Waals surface area contributed by atoms with E-state index in [1.165, 1.54) is 11.3 Å². The summed E-state index contributed by atoms with van der Waals surface area (Å²) in [6.07, 6.45) is 0.638. The number of nitrogens with zero attached hydrogens (tertiary/aromatic N) is 2. The number of amides is 4. The minimum absolute atomic E-state index is 0. The second kappa shape index (κ2) is 8.75. The maximum Gasteiger partial charge on any atom is 0.324 e. The summed E-state index contributed by atoms with van der Waals surface area (Å²) in [4.78, 5) is 40.9. The van der Waals surface area contributed by atoms with E-state index in [2.05, 4.69) is 15.6 Å². The SMILES string of the molecule is Cl.NCCc1nc(C(=O)Nc2cccc(CN3C(=O)CNC3=O)c2)cs1. The van der Waals surface area contributed by atoms with Gasteiger partial charge >= 0.3 is 6.03 Å². The Hall–Kier alpha value is -2.49. The largest absolute Gasteiger partial charge is 0.330 e. The summed E-state index contributed by atoms with van der Waals surface area (Å²) in [5.41, 5.74) is 7.14. The smallest absolute Gasteiger partial charge is 0.324 e. The molecular weight excluding hydrogens is 378 g/mol. The number of hydrogen-bond acceptors (Lipinski definition) is 6. The molecule has 1 aliphatic heterocycles. The highest BCUT2D eigenvalue weighted by Gasteiger charge is 2.28. The van der Waals surface area contributed by atoms with E-state index in [0.29, 0.717) is 24.3 Å². The summed E-state index contributed by atoms with van der Waals surface area (Å²) < 4.78 is 0. The van der Waals surface area contributed by atoms with Crippen molar-refractivity contribution in [3.05, 3.63) is 45.9 Å². The van der Waals surface area contributed by atoms with Gasteiger partial charge in [0.1, 0.15) is 5.69 Å². The van der Waals surface area contributed by atoms with Crippen molar-refractivity contribution < 1.29 is 14.4 Å². The van der Waals surface area contributed by atoms with Crippen molar-refractivity contribution in [1.82, 2.24) is 15.2 Å². The first-order valence-corrected chi connectivity index (χ1v) is 8.58. The van der Waals surface area contributed by atoms with Crippen LogP contribution < -0.4 is 16.4 Å². The lowest BCUT2D eigenvalue weighted by molar-refractivity contribution is -0.125. The number of carbonyl (C=O) groups excluding carboxylic acids is 3. The summed E-state index contributed by atoms with van der Waals surface area (Å²) in [6.45, 7) is 0.662. The molecule has 2 heterocycles. The highest BCUT2D eigenvalue weighted by atomic mass is 35.5. The Morgan fingerprint density at radius 3 is 2.88 bits per heavy atom. The lowest BCUT2D eigenvalue weighted by Gasteiger charge is -2.13. The molecule has 1 aromatic carbocycles. The van der Waals surface area contributed by atoms with Crippen LogP contribution >= 0.6 is 23.7 Å². The maximum atomic E-state index is 12.3. The molecule has 0 unspecified atom stereocenters. The molecule has 1 saturated heterocycles. The van der Waals surface area contributed by atoms with E-state index >= 15 is 0 Å². The normalized spacial score (nSPS) is 13.3. The summed E-state index contributed by atoms with van der Waals surface area (Å²) in [7, 11) is 0. The van der Waals surface area contributed by atoms with Crippen LogP contribution in [-0.2, 0) is 17.8 Å². The molecule has 26 heavy (non-hydrogen) atoms. The van der Waals surface area contributed by atoms with Crippen LogP contribution in [0.4, 0.5) is 10.5 Å². The van der Waals surface area contributed by atoms with Gasteiger partial charge in [0.25, 0.3) is 5.91 Å². The molecule has 0 atom stereocenters. The summed E-state index contributed by atoms with van der Waals surface area (Å²) in [5.74, 6) is -0.582. The van der Waals surface area contributed by atoms with E-state index in [1.54, 1.807) is 29.6 Å². The van der Waals surface area contributed by atoms with Gasteiger partial charge in [-0.05, 0) is 24.2 Å². The molecule has 4 N–H and O–H groups in total. The summed E-state index contributed by atoms with van der Waals surface area (Å²) in [5, 5.41) is 7.75. The molecular formula is C16H18ClN5O3S.